The van der Waals surface area contributed by atoms with E-state index in [-0.39, 0.29) is 17.9 Å². The van der Waals surface area contributed by atoms with Crippen molar-refractivity contribution in [3.8, 4) is 68.3 Å². The number of benzene rings is 6. The number of para-hydroxylation sites is 2. The Kier molecular flexibility index (Phi) is 14.7. The third-order valence-corrected chi connectivity index (χ3v) is 11.3. The summed E-state index contributed by atoms with van der Waals surface area (Å²) in [5.41, 5.74) is 8.33. The van der Waals surface area contributed by atoms with E-state index in [2.05, 4.69) is 36.9 Å². The molecule has 0 bridgehead atoms. The van der Waals surface area contributed by atoms with Gasteiger partial charge < -0.3 is 23.4 Å². The second-order valence-corrected chi connectivity index (χ2v) is 16.3. The van der Waals surface area contributed by atoms with Crippen LogP contribution in [0, 0.1) is 13.8 Å². The van der Waals surface area contributed by atoms with Crippen molar-refractivity contribution < 1.29 is 33.0 Å². The Morgan fingerprint density at radius 2 is 0.944 bits per heavy atom. The van der Waals surface area contributed by atoms with Crippen LogP contribution in [-0.2, 0) is 24.1 Å². The molecular weight excluding hydrogens is 909 g/mol. The minimum absolute atomic E-state index is 0.220. The van der Waals surface area contributed by atoms with Crippen LogP contribution in [0.5, 0.6) is 11.5 Å². The molecule has 10 rings (SSSR count). The molecule has 0 radical (unpaired) electrons. The Morgan fingerprint density at radius 3 is 1.39 bits per heavy atom. The Morgan fingerprint density at radius 1 is 0.528 bits per heavy atom. The summed E-state index contributed by atoms with van der Waals surface area (Å²) in [6.07, 6.45) is 2.25. The number of hydrogen-bond donors (Lipinski definition) is 1. The van der Waals surface area contributed by atoms with E-state index in [1.165, 1.54) is 15.7 Å². The summed E-state index contributed by atoms with van der Waals surface area (Å²) in [6, 6.07) is 53.3. The van der Waals surface area contributed by atoms with E-state index < -0.39 is 5.97 Å². The van der Waals surface area contributed by atoms with E-state index in [1.807, 2.05) is 184 Å². The van der Waals surface area contributed by atoms with Gasteiger partial charge in [-0.3, -0.25) is 9.59 Å². The van der Waals surface area contributed by atoms with Crippen LogP contribution in [0.2, 0.25) is 0 Å². The number of allylic oxidation sites excluding steroid dienone is 1. The van der Waals surface area contributed by atoms with Gasteiger partial charge >= 0.3 is 5.97 Å². The Labute approximate surface area is 414 Å². The van der Waals surface area contributed by atoms with Gasteiger partial charge in [0.25, 0.3) is 0 Å². The molecule has 0 spiro atoms. The van der Waals surface area contributed by atoms with Gasteiger partial charge in [-0.2, -0.15) is 14.7 Å². The molecule has 4 heterocycles. The number of carboxylic acid groups (broad SMARTS) is 1. The molecule has 358 valence electrons. The summed E-state index contributed by atoms with van der Waals surface area (Å²) in [4.78, 5) is 36.0. The highest BCUT2D eigenvalue weighted by Crippen LogP contribution is 2.28. The number of ether oxygens (including phenoxy) is 2. The van der Waals surface area contributed by atoms with Crippen molar-refractivity contribution in [1.29, 1.82) is 0 Å². The maximum absolute atomic E-state index is 12.4. The minimum atomic E-state index is -0.963. The quantitative estimate of drug-likeness (QED) is 0.0633. The first kappa shape index (κ1) is 47.6. The first-order valence-corrected chi connectivity index (χ1v) is 23.1. The fourth-order valence-corrected chi connectivity index (χ4v) is 7.62. The van der Waals surface area contributed by atoms with Crippen LogP contribution < -0.4 is 9.47 Å². The van der Waals surface area contributed by atoms with Crippen LogP contribution in [0.15, 0.2) is 191 Å². The van der Waals surface area contributed by atoms with Gasteiger partial charge in [-0.1, -0.05) is 79.4 Å². The molecule has 0 unspecified atom stereocenters. The fourth-order valence-electron chi connectivity index (χ4n) is 7.62. The zero-order valence-corrected chi connectivity index (χ0v) is 39.5. The van der Waals surface area contributed by atoms with Crippen molar-refractivity contribution in [2.24, 2.45) is 0 Å². The van der Waals surface area contributed by atoms with Crippen LogP contribution in [0.3, 0.4) is 0 Å². The average molecular weight is 957 g/mol. The van der Waals surface area contributed by atoms with Gasteiger partial charge in [-0.05, 0) is 117 Å². The lowest BCUT2D eigenvalue weighted by atomic mass is 10.1. The molecule has 0 saturated heterocycles. The number of aromatic nitrogens is 8. The van der Waals surface area contributed by atoms with Gasteiger partial charge in [0.1, 0.15) is 40.1 Å². The van der Waals surface area contributed by atoms with Crippen LogP contribution >= 0.6 is 0 Å². The molecule has 4 aromatic heterocycles. The SMILES string of the molecule is C=CC(=O)c1nn(-c2ccccc2)nc1-c1ccc(OCCc2nc(-c3ccccc3)oc2C)cc1.Cc1oc(-c2ccccc2)nc1CCOc1ccc(-c2nn(-c3ccccc3)nc2CC(=O)O)cc1. The Bertz CT molecular complexity index is 3400. The number of ketones is 1. The van der Waals surface area contributed by atoms with Crippen LogP contribution in [0.4, 0.5) is 0 Å². The topological polar surface area (TPSA) is 186 Å². The van der Waals surface area contributed by atoms with Gasteiger partial charge in [0.2, 0.25) is 17.6 Å². The van der Waals surface area contributed by atoms with E-state index in [9.17, 15) is 14.7 Å². The van der Waals surface area contributed by atoms with Crippen molar-refractivity contribution in [3.05, 3.63) is 217 Å². The van der Waals surface area contributed by atoms with Crippen LogP contribution in [0.25, 0.3) is 56.8 Å². The third kappa shape index (κ3) is 11.5. The summed E-state index contributed by atoms with van der Waals surface area (Å²) in [5, 5.41) is 27.3. The largest absolute Gasteiger partial charge is 0.493 e. The normalized spacial score (nSPS) is 10.9. The second kappa shape index (κ2) is 22.3. The summed E-state index contributed by atoms with van der Waals surface area (Å²) >= 11 is 0. The highest BCUT2D eigenvalue weighted by molar-refractivity contribution is 6.06. The van der Waals surface area contributed by atoms with E-state index in [0.717, 1.165) is 56.5 Å². The summed E-state index contributed by atoms with van der Waals surface area (Å²) in [7, 11) is 0. The molecule has 0 amide bonds. The van der Waals surface area contributed by atoms with Crippen molar-refractivity contribution in [1.82, 2.24) is 40.0 Å². The maximum atomic E-state index is 12.4. The number of rotatable bonds is 18. The molecular formula is C57H48N8O7. The number of aryl methyl sites for hydroxylation is 2. The molecule has 0 atom stereocenters. The highest BCUT2D eigenvalue weighted by atomic mass is 16.5. The molecule has 15 nitrogen and oxygen atoms in total. The zero-order chi connectivity index (χ0) is 49.8. The van der Waals surface area contributed by atoms with Crippen molar-refractivity contribution >= 4 is 11.8 Å². The molecule has 0 aliphatic carbocycles. The van der Waals surface area contributed by atoms with Gasteiger partial charge in [0.05, 0.1) is 42.4 Å². The molecule has 0 saturated carbocycles. The first-order chi connectivity index (χ1) is 35.2. The van der Waals surface area contributed by atoms with E-state index in [1.54, 1.807) is 0 Å². The number of aliphatic carboxylic acids is 1. The molecule has 10 aromatic rings. The van der Waals surface area contributed by atoms with Crippen LogP contribution in [-0.4, -0.2) is 70.0 Å². The van der Waals surface area contributed by atoms with E-state index >= 15 is 0 Å². The Hall–Kier alpha value is -9.50. The maximum Gasteiger partial charge on any atom is 0.309 e. The van der Waals surface area contributed by atoms with Crippen LogP contribution in [0.1, 0.15) is 39.1 Å². The van der Waals surface area contributed by atoms with Gasteiger partial charge in [-0.15, -0.1) is 15.3 Å². The van der Waals surface area contributed by atoms with E-state index in [4.69, 9.17) is 18.3 Å². The fraction of sp³-hybridized carbons (Fsp3) is 0.123. The first-order valence-electron chi connectivity index (χ1n) is 23.1. The predicted octanol–water partition coefficient (Wildman–Crippen LogP) is 11.0. The summed E-state index contributed by atoms with van der Waals surface area (Å²) in [6.45, 7) is 8.30. The van der Waals surface area contributed by atoms with Crippen molar-refractivity contribution in [3.63, 3.8) is 0 Å². The summed E-state index contributed by atoms with van der Waals surface area (Å²) < 4.78 is 23.5. The molecule has 0 aliphatic rings. The predicted molar refractivity (Wildman–Crippen MR) is 271 cm³/mol. The van der Waals surface area contributed by atoms with Gasteiger partial charge in [0.15, 0.2) is 5.69 Å². The number of carboxylic acids is 1. The van der Waals surface area contributed by atoms with Gasteiger partial charge in [0, 0.05) is 35.1 Å². The number of nitrogens with zero attached hydrogens (tertiary/aromatic N) is 8. The molecule has 72 heavy (non-hydrogen) atoms. The van der Waals surface area contributed by atoms with E-state index in [0.29, 0.717) is 66.4 Å². The lowest BCUT2D eigenvalue weighted by molar-refractivity contribution is -0.136. The highest BCUT2D eigenvalue weighted by Gasteiger charge is 2.20. The molecule has 15 heteroatoms. The standard InChI is InChI=1S/C29H24N4O3.C28H24N4O4/c1-3-26(34)28-27(31-33(32-28)23-12-8-5-9-13-23)21-14-16-24(17-15-21)35-19-18-25-20(2)36-29(30-25)22-10-6-4-7-11-22;1-19-24(29-28(36-19)21-8-4-2-5-9-21)16-17-35-23-14-12-20(13-15-23)27-25(18-26(33)34)30-32(31-27)22-10-6-3-7-11-22/h3-17H,1,18-19H2,2H3;2-15H,16-18H2,1H3,(H,33,34). The molecule has 0 fully saturated rings. The second-order valence-electron chi connectivity index (χ2n) is 16.3. The lowest BCUT2D eigenvalue weighted by Gasteiger charge is -2.06. The monoisotopic (exact) mass is 956 g/mol. The third-order valence-electron chi connectivity index (χ3n) is 11.3. The average Bonchev–Trinajstić information content (AvgIpc) is 4.23. The molecule has 0 aliphatic heterocycles. The van der Waals surface area contributed by atoms with Gasteiger partial charge in [-0.25, -0.2) is 9.97 Å². The lowest BCUT2D eigenvalue weighted by Crippen LogP contribution is -2.03. The van der Waals surface area contributed by atoms with Crippen molar-refractivity contribution in [2.45, 2.75) is 33.1 Å². The number of carbonyl (C=O) groups excluding carboxylic acids is 1. The zero-order valence-electron chi connectivity index (χ0n) is 39.5. The molecule has 6 aromatic carbocycles. The minimum Gasteiger partial charge on any atom is -0.493 e. The number of hydrogen-bond acceptors (Lipinski definition) is 12. The Balaban J connectivity index is 0.000000178. The number of oxazole rings is 2. The van der Waals surface area contributed by atoms with Crippen molar-refractivity contribution in [2.75, 3.05) is 13.2 Å². The molecule has 1 N–H and O–H groups in total. The summed E-state index contributed by atoms with van der Waals surface area (Å²) in [5.74, 6) is 2.93. The number of carbonyl (C=O) groups is 2. The smallest absolute Gasteiger partial charge is 0.309 e.